The Hall–Kier alpha value is -2.16. The molecule has 1 aliphatic heterocycles. The molecule has 27 heavy (non-hydrogen) atoms. The number of benzene rings is 1. The maximum Gasteiger partial charge on any atom is 0.573 e. The minimum absolute atomic E-state index is 0.313. The number of aliphatic hydroxyl groups excluding tert-OH is 1. The molecule has 2 heterocycles. The Kier molecular flexibility index (Phi) is 4.37. The molecule has 1 saturated carbocycles. The Morgan fingerprint density at radius 1 is 1.07 bits per heavy atom. The van der Waals surface area contributed by atoms with Crippen LogP contribution in [-0.4, -0.2) is 35.5 Å². The molecule has 1 aliphatic carbocycles. The van der Waals surface area contributed by atoms with Crippen LogP contribution in [0.3, 0.4) is 0 Å². The van der Waals surface area contributed by atoms with E-state index < -0.39 is 23.7 Å². The maximum atomic E-state index is 12.6. The summed E-state index contributed by atoms with van der Waals surface area (Å²) in [4.78, 5) is 4.21. The van der Waals surface area contributed by atoms with E-state index in [-0.39, 0.29) is 5.75 Å². The summed E-state index contributed by atoms with van der Waals surface area (Å²) in [5, 5.41) is 11.1. The van der Waals surface area contributed by atoms with Crippen molar-refractivity contribution in [3.8, 4) is 5.75 Å². The van der Waals surface area contributed by atoms with Crippen molar-refractivity contribution >= 4 is 0 Å². The second kappa shape index (κ2) is 6.47. The third kappa shape index (κ3) is 3.40. The Labute approximate surface area is 153 Å². The number of aliphatic hydroxyl groups is 1. The molecule has 1 saturated heterocycles. The van der Waals surface area contributed by atoms with Gasteiger partial charge in [-0.25, -0.2) is 0 Å². The van der Waals surface area contributed by atoms with E-state index in [1.54, 1.807) is 30.5 Å². The highest BCUT2D eigenvalue weighted by Crippen LogP contribution is 2.60. The summed E-state index contributed by atoms with van der Waals surface area (Å²) in [6, 6.07) is 10.9. The lowest BCUT2D eigenvalue weighted by Crippen LogP contribution is -2.58. The van der Waals surface area contributed by atoms with E-state index in [4.69, 9.17) is 9.47 Å². The minimum Gasteiger partial charge on any atom is -0.406 e. The van der Waals surface area contributed by atoms with Gasteiger partial charge in [0.05, 0.1) is 18.9 Å². The topological polar surface area (TPSA) is 60.8 Å². The standard InChI is InChI=1S/C19H18F3NO4/c20-19(21,22)27-14-5-3-4-13(10-14)17(11-18(12-17)25-8-9-26-18)16(24)15-6-1-2-7-23-15/h1-7,10,16,24H,8-9,11-12H2. The van der Waals surface area contributed by atoms with Gasteiger partial charge in [0, 0.05) is 24.5 Å². The van der Waals surface area contributed by atoms with E-state index in [2.05, 4.69) is 9.72 Å². The molecule has 4 rings (SSSR count). The van der Waals surface area contributed by atoms with Crippen molar-refractivity contribution in [2.75, 3.05) is 13.2 Å². The van der Waals surface area contributed by atoms with E-state index >= 15 is 0 Å². The molecule has 1 aromatic carbocycles. The predicted molar refractivity (Wildman–Crippen MR) is 87.9 cm³/mol. The molecule has 2 aromatic rings. The molecule has 5 nitrogen and oxygen atoms in total. The highest BCUT2D eigenvalue weighted by molar-refractivity contribution is 5.40. The molecule has 0 bridgehead atoms. The van der Waals surface area contributed by atoms with E-state index in [0.717, 1.165) is 0 Å². The summed E-state index contributed by atoms with van der Waals surface area (Å²) < 4.78 is 53.2. The quantitative estimate of drug-likeness (QED) is 0.879. The average molecular weight is 381 g/mol. The summed E-state index contributed by atoms with van der Waals surface area (Å²) in [6.45, 7) is 0.903. The van der Waals surface area contributed by atoms with Crippen LogP contribution in [0.2, 0.25) is 0 Å². The molecule has 1 unspecified atom stereocenters. The van der Waals surface area contributed by atoms with Crippen molar-refractivity contribution in [3.63, 3.8) is 0 Å². The Bertz CT molecular complexity index is 798. The fourth-order valence-corrected chi connectivity index (χ4v) is 3.99. The van der Waals surface area contributed by atoms with E-state index in [0.29, 0.717) is 37.3 Å². The van der Waals surface area contributed by atoms with Gasteiger partial charge in [-0.3, -0.25) is 4.98 Å². The van der Waals surface area contributed by atoms with Gasteiger partial charge in [-0.2, -0.15) is 0 Å². The first kappa shape index (κ1) is 18.2. The summed E-state index contributed by atoms with van der Waals surface area (Å²) in [5.74, 6) is -1.14. The van der Waals surface area contributed by atoms with E-state index in [1.165, 1.54) is 18.2 Å². The van der Waals surface area contributed by atoms with Crippen molar-refractivity contribution < 1.29 is 32.5 Å². The van der Waals surface area contributed by atoms with Crippen LogP contribution >= 0.6 is 0 Å². The highest BCUT2D eigenvalue weighted by Gasteiger charge is 2.62. The number of ether oxygens (including phenoxy) is 3. The van der Waals surface area contributed by atoms with Gasteiger partial charge in [0.1, 0.15) is 11.9 Å². The van der Waals surface area contributed by atoms with Gasteiger partial charge < -0.3 is 19.3 Å². The number of hydrogen-bond acceptors (Lipinski definition) is 5. The number of rotatable bonds is 4. The smallest absolute Gasteiger partial charge is 0.406 e. The molecule has 1 spiro atoms. The minimum atomic E-state index is -4.79. The van der Waals surface area contributed by atoms with Crippen molar-refractivity contribution in [2.45, 2.75) is 36.5 Å². The SMILES string of the molecule is OC(c1ccccn1)C1(c2cccc(OC(F)(F)F)c2)CC2(C1)OCCO2. The normalized spacial score (nSPS) is 21.6. The molecule has 144 valence electrons. The van der Waals surface area contributed by atoms with Gasteiger partial charge in [-0.15, -0.1) is 13.2 Å². The number of alkyl halides is 3. The molecule has 1 N–H and O–H groups in total. The van der Waals surface area contributed by atoms with Gasteiger partial charge in [0.25, 0.3) is 0 Å². The van der Waals surface area contributed by atoms with Gasteiger partial charge in [-0.1, -0.05) is 18.2 Å². The number of hydrogen-bond donors (Lipinski definition) is 1. The summed E-state index contributed by atoms with van der Waals surface area (Å²) >= 11 is 0. The third-order valence-corrected chi connectivity index (χ3v) is 5.12. The lowest BCUT2D eigenvalue weighted by Gasteiger charge is -2.55. The van der Waals surface area contributed by atoms with Crippen molar-refractivity contribution in [1.29, 1.82) is 0 Å². The van der Waals surface area contributed by atoms with Crippen LogP contribution < -0.4 is 4.74 Å². The zero-order valence-corrected chi connectivity index (χ0v) is 14.3. The monoisotopic (exact) mass is 381 g/mol. The fraction of sp³-hybridized carbons (Fsp3) is 0.421. The maximum absolute atomic E-state index is 12.6. The zero-order valence-electron chi connectivity index (χ0n) is 14.3. The summed E-state index contributed by atoms with van der Waals surface area (Å²) in [6.07, 6.45) is -3.63. The molecule has 1 aromatic heterocycles. The Morgan fingerprint density at radius 3 is 2.44 bits per heavy atom. The van der Waals surface area contributed by atoms with Gasteiger partial charge in [0.2, 0.25) is 0 Å². The fourth-order valence-electron chi connectivity index (χ4n) is 3.99. The first-order valence-corrected chi connectivity index (χ1v) is 8.55. The van der Waals surface area contributed by atoms with Crippen LogP contribution in [0.1, 0.15) is 30.2 Å². The van der Waals surface area contributed by atoms with Gasteiger partial charge in [0.15, 0.2) is 5.79 Å². The molecule has 8 heteroatoms. The molecule has 1 atom stereocenters. The number of pyridine rings is 1. The Balaban J connectivity index is 1.70. The second-order valence-corrected chi connectivity index (χ2v) is 6.85. The number of nitrogens with zero attached hydrogens (tertiary/aromatic N) is 1. The first-order valence-electron chi connectivity index (χ1n) is 8.55. The summed E-state index contributed by atoms with van der Waals surface area (Å²) in [7, 11) is 0. The van der Waals surface area contributed by atoms with Crippen LogP contribution in [0.4, 0.5) is 13.2 Å². The van der Waals surface area contributed by atoms with E-state index in [1.807, 2.05) is 0 Å². The molecular formula is C19H18F3NO4. The highest BCUT2D eigenvalue weighted by atomic mass is 19.4. The van der Waals surface area contributed by atoms with Gasteiger partial charge >= 0.3 is 6.36 Å². The first-order chi connectivity index (χ1) is 12.8. The average Bonchev–Trinajstić information content (AvgIpc) is 3.08. The van der Waals surface area contributed by atoms with E-state index in [9.17, 15) is 18.3 Å². The number of halogens is 3. The third-order valence-electron chi connectivity index (χ3n) is 5.12. The molecule has 2 fully saturated rings. The van der Waals surface area contributed by atoms with Crippen LogP contribution in [0.25, 0.3) is 0 Å². The molecule has 0 radical (unpaired) electrons. The van der Waals surface area contributed by atoms with Gasteiger partial charge in [-0.05, 0) is 29.8 Å². The largest absolute Gasteiger partial charge is 0.573 e. The predicted octanol–water partition coefficient (Wildman–Crippen LogP) is 3.49. The summed E-state index contributed by atoms with van der Waals surface area (Å²) in [5.41, 5.74) is 0.0727. The zero-order chi connectivity index (χ0) is 19.1. The second-order valence-electron chi connectivity index (χ2n) is 6.85. The van der Waals surface area contributed by atoms with Crippen LogP contribution in [0.5, 0.6) is 5.75 Å². The molecule has 0 amide bonds. The Morgan fingerprint density at radius 2 is 1.81 bits per heavy atom. The lowest BCUT2D eigenvalue weighted by molar-refractivity contribution is -0.275. The van der Waals surface area contributed by atoms with Crippen molar-refractivity contribution in [1.82, 2.24) is 4.98 Å². The number of aromatic nitrogens is 1. The lowest BCUT2D eigenvalue weighted by atomic mass is 9.57. The van der Waals surface area contributed by atoms with Crippen molar-refractivity contribution in [3.05, 3.63) is 59.9 Å². The molecule has 2 aliphatic rings. The van der Waals surface area contributed by atoms with Crippen LogP contribution in [0, 0.1) is 0 Å². The van der Waals surface area contributed by atoms with Crippen LogP contribution in [0.15, 0.2) is 48.7 Å². The van der Waals surface area contributed by atoms with Crippen molar-refractivity contribution in [2.24, 2.45) is 0 Å². The van der Waals surface area contributed by atoms with Crippen LogP contribution in [-0.2, 0) is 14.9 Å². The molecular weight excluding hydrogens is 363 g/mol.